The van der Waals surface area contributed by atoms with Gasteiger partial charge in [-0.05, 0) is 75.9 Å². The second kappa shape index (κ2) is 11.3. The summed E-state index contributed by atoms with van der Waals surface area (Å²) in [5.41, 5.74) is 1.35. The minimum Gasteiger partial charge on any atom is -0.497 e. The number of aromatic nitrogens is 3. The highest BCUT2D eigenvalue weighted by Crippen LogP contribution is 2.36. The number of aryl methyl sites for hydroxylation is 2. The average molecular weight is 575 g/mol. The van der Waals surface area contributed by atoms with Gasteiger partial charge in [0.05, 0.1) is 31.6 Å². The van der Waals surface area contributed by atoms with Crippen LogP contribution in [0.5, 0.6) is 5.75 Å². The van der Waals surface area contributed by atoms with Crippen LogP contribution < -0.4 is 4.74 Å². The van der Waals surface area contributed by atoms with E-state index in [0.29, 0.717) is 23.4 Å². The molecule has 39 heavy (non-hydrogen) atoms. The zero-order valence-electron chi connectivity index (χ0n) is 22.7. The Hall–Kier alpha value is -2.87. The van der Waals surface area contributed by atoms with Crippen molar-refractivity contribution < 1.29 is 22.4 Å². The smallest absolute Gasteiger partial charge is 0.275 e. The molecule has 0 N–H and O–H groups in total. The van der Waals surface area contributed by atoms with Crippen molar-refractivity contribution in [1.29, 1.82) is 0 Å². The van der Waals surface area contributed by atoms with Gasteiger partial charge in [0.2, 0.25) is 15.9 Å². The fourth-order valence-corrected chi connectivity index (χ4v) is 7.95. The van der Waals surface area contributed by atoms with E-state index < -0.39 is 10.0 Å². The zero-order valence-corrected chi connectivity index (χ0v) is 24.3. The van der Waals surface area contributed by atoms with Crippen molar-refractivity contribution in [3.63, 3.8) is 0 Å². The summed E-state index contributed by atoms with van der Waals surface area (Å²) in [5.74, 6) is 0.456. The van der Waals surface area contributed by atoms with Gasteiger partial charge in [0.15, 0.2) is 5.69 Å². The van der Waals surface area contributed by atoms with Crippen molar-refractivity contribution in [3.05, 3.63) is 51.1 Å². The molecule has 2 aromatic heterocycles. The van der Waals surface area contributed by atoms with Crippen molar-refractivity contribution in [2.75, 3.05) is 27.2 Å². The first kappa shape index (κ1) is 27.7. The van der Waals surface area contributed by atoms with E-state index in [1.165, 1.54) is 39.6 Å². The Balaban J connectivity index is 1.26. The molecule has 2 aliphatic rings. The van der Waals surface area contributed by atoms with Gasteiger partial charge in [-0.15, -0.1) is 10.2 Å². The number of amides is 1. The number of carbonyl (C=O) groups is 1. The third-order valence-corrected chi connectivity index (χ3v) is 10.1. The van der Waals surface area contributed by atoms with E-state index in [1.807, 2.05) is 0 Å². The molecule has 1 saturated carbocycles. The van der Waals surface area contributed by atoms with Crippen LogP contribution in [-0.4, -0.2) is 76.9 Å². The van der Waals surface area contributed by atoms with Crippen LogP contribution in [0.2, 0.25) is 0 Å². The maximum absolute atomic E-state index is 13.7. The number of sulfonamides is 1. The second-order valence-electron chi connectivity index (χ2n) is 10.2. The lowest BCUT2D eigenvalue weighted by Crippen LogP contribution is -2.34. The van der Waals surface area contributed by atoms with Crippen LogP contribution in [0.3, 0.4) is 0 Å². The number of rotatable bonds is 11. The Morgan fingerprint density at radius 1 is 1.13 bits per heavy atom. The highest BCUT2D eigenvalue weighted by molar-refractivity contribution is 7.89. The molecule has 0 radical (unpaired) electrons. The molecule has 1 aromatic carbocycles. The lowest BCUT2D eigenvalue weighted by Gasteiger charge is -2.23. The molecule has 3 heterocycles. The fraction of sp³-hybridized carbons (Fsp3) is 0.538. The highest BCUT2D eigenvalue weighted by Gasteiger charge is 2.40. The number of benzene rings is 1. The second-order valence-corrected chi connectivity index (χ2v) is 13.2. The maximum atomic E-state index is 13.7. The Bertz CT molecular complexity index is 1420. The lowest BCUT2D eigenvalue weighted by molar-refractivity contribution is 0.0779. The number of oxazole rings is 1. The van der Waals surface area contributed by atoms with Crippen LogP contribution in [0.1, 0.15) is 63.2 Å². The predicted octanol–water partition coefficient (Wildman–Crippen LogP) is 3.37. The normalized spacial score (nSPS) is 16.2. The van der Waals surface area contributed by atoms with Gasteiger partial charge in [0.25, 0.3) is 5.91 Å². The summed E-state index contributed by atoms with van der Waals surface area (Å²) in [7, 11) is -0.603. The van der Waals surface area contributed by atoms with Gasteiger partial charge in [-0.25, -0.2) is 13.4 Å². The van der Waals surface area contributed by atoms with E-state index in [1.54, 1.807) is 40.1 Å². The predicted molar refractivity (Wildman–Crippen MR) is 145 cm³/mol. The van der Waals surface area contributed by atoms with E-state index >= 15 is 0 Å². The molecule has 1 aliphatic carbocycles. The molecule has 13 heteroatoms. The van der Waals surface area contributed by atoms with E-state index in [4.69, 9.17) is 9.15 Å². The summed E-state index contributed by atoms with van der Waals surface area (Å²) in [6.07, 6.45) is 5.25. The van der Waals surface area contributed by atoms with Crippen LogP contribution in [0.15, 0.2) is 27.7 Å². The molecule has 3 aromatic rings. The SMILES string of the molecule is COc1cc(C)c(S(=O)(=O)N(Cc2nc(C(=O)N(C)Cc3nnc(CN4CCCC4)s3)co2)C2CC2)c(C)c1. The molecule has 11 nitrogen and oxygen atoms in total. The maximum Gasteiger partial charge on any atom is 0.275 e. The first-order chi connectivity index (χ1) is 18.7. The van der Waals surface area contributed by atoms with Crippen LogP contribution in [0, 0.1) is 13.8 Å². The first-order valence-corrected chi connectivity index (χ1v) is 15.3. The molecule has 1 amide bonds. The number of hydrogen-bond acceptors (Lipinski definition) is 10. The third-order valence-electron chi connectivity index (χ3n) is 7.04. The first-order valence-electron chi connectivity index (χ1n) is 13.1. The van der Waals surface area contributed by atoms with Gasteiger partial charge in [-0.2, -0.15) is 4.31 Å². The standard InChI is InChI=1S/C26H34N6O5S2/c1-17-11-20(36-4)12-18(2)25(17)39(34,35)32(19-7-8-19)13-22-27-21(16-37-22)26(33)30(3)14-23-28-29-24(38-23)15-31-9-5-6-10-31/h11-12,16,19H,5-10,13-15H2,1-4H3. The summed E-state index contributed by atoms with van der Waals surface area (Å²) in [6, 6.07) is 3.31. The minimum absolute atomic E-state index is 0.0504. The average Bonchev–Trinajstić information content (AvgIpc) is 3.23. The summed E-state index contributed by atoms with van der Waals surface area (Å²) in [5, 5.41) is 10.2. The quantitative estimate of drug-likeness (QED) is 0.339. The molecule has 0 bridgehead atoms. The zero-order chi connectivity index (χ0) is 27.7. The van der Waals surface area contributed by atoms with E-state index in [9.17, 15) is 13.2 Å². The van der Waals surface area contributed by atoms with Crippen LogP contribution >= 0.6 is 11.3 Å². The molecule has 1 saturated heterocycles. The Morgan fingerprint density at radius 3 is 2.44 bits per heavy atom. The number of ether oxygens (including phenoxy) is 1. The number of likely N-dealkylation sites (tertiary alicyclic amines) is 1. The van der Waals surface area contributed by atoms with Crippen LogP contribution in [0.4, 0.5) is 0 Å². The van der Waals surface area contributed by atoms with Crippen molar-refractivity contribution in [2.45, 2.75) is 70.1 Å². The Kier molecular flexibility index (Phi) is 8.04. The summed E-state index contributed by atoms with van der Waals surface area (Å²) in [4.78, 5) is 21.5. The topological polar surface area (TPSA) is 122 Å². The van der Waals surface area contributed by atoms with E-state index in [0.717, 1.165) is 42.5 Å². The third kappa shape index (κ3) is 6.16. The highest BCUT2D eigenvalue weighted by atomic mass is 32.2. The Morgan fingerprint density at radius 2 is 1.79 bits per heavy atom. The van der Waals surface area contributed by atoms with Crippen LogP contribution in [0.25, 0.3) is 0 Å². The van der Waals surface area contributed by atoms with Gasteiger partial charge in [0, 0.05) is 13.1 Å². The lowest BCUT2D eigenvalue weighted by atomic mass is 10.1. The number of carbonyl (C=O) groups excluding carboxylic acids is 1. The molecule has 2 fully saturated rings. The van der Waals surface area contributed by atoms with Gasteiger partial charge >= 0.3 is 0 Å². The number of methoxy groups -OCH3 is 1. The fourth-order valence-electron chi connectivity index (χ4n) is 4.96. The van der Waals surface area contributed by atoms with Gasteiger partial charge in [-0.3, -0.25) is 9.69 Å². The summed E-state index contributed by atoms with van der Waals surface area (Å²) >= 11 is 1.51. The largest absolute Gasteiger partial charge is 0.497 e. The molecule has 5 rings (SSSR count). The summed E-state index contributed by atoms with van der Waals surface area (Å²) in [6.45, 7) is 6.73. The van der Waals surface area contributed by atoms with Crippen LogP contribution in [-0.2, 0) is 29.7 Å². The molecule has 1 aliphatic heterocycles. The minimum atomic E-state index is -3.83. The van der Waals surface area contributed by atoms with Gasteiger partial charge in [-0.1, -0.05) is 11.3 Å². The van der Waals surface area contributed by atoms with Gasteiger partial charge < -0.3 is 14.1 Å². The Labute approximate surface area is 232 Å². The summed E-state index contributed by atoms with van der Waals surface area (Å²) < 4.78 is 39.8. The van der Waals surface area contributed by atoms with Crippen molar-refractivity contribution in [3.8, 4) is 5.75 Å². The van der Waals surface area contributed by atoms with Gasteiger partial charge in [0.1, 0.15) is 22.0 Å². The van der Waals surface area contributed by atoms with Crippen molar-refractivity contribution >= 4 is 27.3 Å². The van der Waals surface area contributed by atoms with Crippen molar-refractivity contribution in [1.82, 2.24) is 29.3 Å². The monoisotopic (exact) mass is 574 g/mol. The molecule has 0 unspecified atom stereocenters. The number of nitrogens with zero attached hydrogens (tertiary/aromatic N) is 6. The molecule has 0 atom stereocenters. The molecular formula is C26H34N6O5S2. The molecule has 0 spiro atoms. The molecular weight excluding hydrogens is 540 g/mol. The van der Waals surface area contributed by atoms with E-state index in [2.05, 4.69) is 20.1 Å². The van der Waals surface area contributed by atoms with Crippen molar-refractivity contribution in [2.24, 2.45) is 0 Å². The van der Waals surface area contributed by atoms with E-state index in [-0.39, 0.29) is 35.0 Å². The molecule has 210 valence electrons. The number of hydrogen-bond donors (Lipinski definition) is 0.